The summed E-state index contributed by atoms with van der Waals surface area (Å²) in [7, 11) is 0. The molecule has 5 heteroatoms. The molecule has 4 nitrogen and oxygen atoms in total. The minimum absolute atomic E-state index is 0.0157. The van der Waals surface area contributed by atoms with Crippen LogP contribution >= 0.6 is 15.9 Å². The second-order valence-corrected chi connectivity index (χ2v) is 7.48. The first-order valence-corrected chi connectivity index (χ1v) is 9.64. The van der Waals surface area contributed by atoms with Gasteiger partial charge in [0.2, 0.25) is 0 Å². The summed E-state index contributed by atoms with van der Waals surface area (Å²) >= 11 is 3.37. The SMILES string of the molecule is C[C@@H](OC(=O)C1CCN(C(=O)c2ccc(Br)cc2)CC1)c1ccccc1. The zero-order valence-electron chi connectivity index (χ0n) is 14.7. The predicted octanol–water partition coefficient (Wildman–Crippen LogP) is 4.61. The molecule has 0 radical (unpaired) electrons. The number of rotatable bonds is 4. The standard InChI is InChI=1S/C21H22BrNO3/c1-15(16-5-3-2-4-6-16)26-21(25)18-11-13-23(14-12-18)20(24)17-7-9-19(22)10-8-17/h2-10,15,18H,11-14H2,1H3/t15-/m1/s1. The van der Waals surface area contributed by atoms with Crippen molar-refractivity contribution in [1.82, 2.24) is 4.90 Å². The van der Waals surface area contributed by atoms with Crippen molar-refractivity contribution in [3.05, 3.63) is 70.2 Å². The van der Waals surface area contributed by atoms with E-state index in [4.69, 9.17) is 4.74 Å². The highest BCUT2D eigenvalue weighted by Gasteiger charge is 2.29. The molecule has 2 aromatic carbocycles. The van der Waals surface area contributed by atoms with Crippen LogP contribution in [-0.4, -0.2) is 29.9 Å². The lowest BCUT2D eigenvalue weighted by Crippen LogP contribution is -2.40. The van der Waals surface area contributed by atoms with Gasteiger partial charge >= 0.3 is 5.97 Å². The van der Waals surface area contributed by atoms with Crippen molar-refractivity contribution in [2.45, 2.75) is 25.9 Å². The molecule has 0 aliphatic carbocycles. The third kappa shape index (κ3) is 4.52. The van der Waals surface area contributed by atoms with Crippen molar-refractivity contribution in [3.8, 4) is 0 Å². The van der Waals surface area contributed by atoms with Gasteiger partial charge in [-0.3, -0.25) is 9.59 Å². The van der Waals surface area contributed by atoms with Crippen molar-refractivity contribution in [3.63, 3.8) is 0 Å². The predicted molar refractivity (Wildman–Crippen MR) is 104 cm³/mol. The number of benzene rings is 2. The van der Waals surface area contributed by atoms with Crippen molar-refractivity contribution >= 4 is 27.8 Å². The summed E-state index contributed by atoms with van der Waals surface area (Å²) < 4.78 is 6.57. The Bertz CT molecular complexity index is 753. The monoisotopic (exact) mass is 415 g/mol. The van der Waals surface area contributed by atoms with E-state index in [2.05, 4.69) is 15.9 Å². The van der Waals surface area contributed by atoms with Gasteiger partial charge in [-0.2, -0.15) is 0 Å². The summed E-state index contributed by atoms with van der Waals surface area (Å²) in [6, 6.07) is 17.1. The average Bonchev–Trinajstić information content (AvgIpc) is 2.69. The minimum atomic E-state index is -0.258. The fraction of sp³-hybridized carbons (Fsp3) is 0.333. The number of nitrogens with zero attached hydrogens (tertiary/aromatic N) is 1. The normalized spacial score (nSPS) is 16.2. The van der Waals surface area contributed by atoms with Gasteiger partial charge in [-0.1, -0.05) is 46.3 Å². The topological polar surface area (TPSA) is 46.6 Å². The third-order valence-electron chi connectivity index (χ3n) is 4.77. The Morgan fingerprint density at radius 2 is 1.65 bits per heavy atom. The first-order valence-electron chi connectivity index (χ1n) is 8.85. The van der Waals surface area contributed by atoms with Gasteiger partial charge in [0.05, 0.1) is 5.92 Å². The molecule has 0 aromatic heterocycles. The molecule has 0 unspecified atom stereocenters. The van der Waals surface area contributed by atoms with Crippen LogP contribution in [0.5, 0.6) is 0 Å². The van der Waals surface area contributed by atoms with E-state index in [-0.39, 0.29) is 23.9 Å². The van der Waals surface area contributed by atoms with E-state index in [0.29, 0.717) is 31.5 Å². The lowest BCUT2D eigenvalue weighted by atomic mass is 9.96. The largest absolute Gasteiger partial charge is 0.458 e. The van der Waals surface area contributed by atoms with E-state index in [9.17, 15) is 9.59 Å². The smallest absolute Gasteiger partial charge is 0.309 e. The van der Waals surface area contributed by atoms with Crippen molar-refractivity contribution < 1.29 is 14.3 Å². The molecule has 0 saturated carbocycles. The van der Waals surface area contributed by atoms with Gasteiger partial charge in [0.1, 0.15) is 6.10 Å². The molecule has 3 rings (SSSR count). The first kappa shape index (κ1) is 18.6. The molecule has 1 heterocycles. The fourth-order valence-corrected chi connectivity index (χ4v) is 3.42. The summed E-state index contributed by atoms with van der Waals surface area (Å²) in [5.74, 6) is -0.297. The highest BCUT2D eigenvalue weighted by Crippen LogP contribution is 2.24. The van der Waals surface area contributed by atoms with Crippen LogP contribution in [0.25, 0.3) is 0 Å². The van der Waals surface area contributed by atoms with Crippen LogP contribution in [0.1, 0.15) is 41.8 Å². The molecule has 1 amide bonds. The molecule has 1 saturated heterocycles. The van der Waals surface area contributed by atoms with Gasteiger partial charge < -0.3 is 9.64 Å². The Kier molecular flexibility index (Phi) is 6.09. The molecule has 2 aromatic rings. The zero-order chi connectivity index (χ0) is 18.5. The molecule has 1 aliphatic heterocycles. The maximum Gasteiger partial charge on any atom is 0.309 e. The molecule has 26 heavy (non-hydrogen) atoms. The number of carbonyl (C=O) groups excluding carboxylic acids is 2. The number of amides is 1. The summed E-state index contributed by atoms with van der Waals surface area (Å²) in [4.78, 5) is 26.8. The van der Waals surface area contributed by atoms with Gasteiger partial charge in [0, 0.05) is 23.1 Å². The third-order valence-corrected chi connectivity index (χ3v) is 5.30. The number of carbonyl (C=O) groups is 2. The number of esters is 1. The Balaban J connectivity index is 1.52. The first-order chi connectivity index (χ1) is 12.5. The van der Waals surface area contributed by atoms with Crippen LogP contribution in [0.3, 0.4) is 0 Å². The van der Waals surface area contributed by atoms with E-state index >= 15 is 0 Å². The summed E-state index contributed by atoms with van der Waals surface area (Å²) in [5, 5.41) is 0. The van der Waals surface area contributed by atoms with Crippen LogP contribution in [0.2, 0.25) is 0 Å². The minimum Gasteiger partial charge on any atom is -0.458 e. The molecule has 1 atom stereocenters. The molecule has 1 aliphatic rings. The van der Waals surface area contributed by atoms with Crippen LogP contribution in [0.4, 0.5) is 0 Å². The molecular weight excluding hydrogens is 394 g/mol. The molecule has 0 spiro atoms. The van der Waals surface area contributed by atoms with E-state index < -0.39 is 0 Å². The van der Waals surface area contributed by atoms with Gasteiger partial charge in [-0.15, -0.1) is 0 Å². The van der Waals surface area contributed by atoms with Crippen LogP contribution < -0.4 is 0 Å². The molecule has 1 fully saturated rings. The van der Waals surface area contributed by atoms with Crippen molar-refractivity contribution in [2.24, 2.45) is 5.92 Å². The van der Waals surface area contributed by atoms with E-state index in [1.165, 1.54) is 0 Å². The number of likely N-dealkylation sites (tertiary alicyclic amines) is 1. The zero-order valence-corrected chi connectivity index (χ0v) is 16.3. The van der Waals surface area contributed by atoms with Crippen LogP contribution in [-0.2, 0) is 9.53 Å². The fourth-order valence-electron chi connectivity index (χ4n) is 3.16. The number of hydrogen-bond acceptors (Lipinski definition) is 3. The van der Waals surface area contributed by atoms with Gasteiger partial charge in [-0.25, -0.2) is 0 Å². The van der Waals surface area contributed by atoms with Gasteiger partial charge in [0.15, 0.2) is 0 Å². The summed E-state index contributed by atoms with van der Waals surface area (Å²) in [6.45, 7) is 3.04. The van der Waals surface area contributed by atoms with E-state index in [1.807, 2.05) is 66.4 Å². The number of piperidine rings is 1. The molecule has 0 bridgehead atoms. The second kappa shape index (κ2) is 8.49. The highest BCUT2D eigenvalue weighted by molar-refractivity contribution is 9.10. The molecule has 136 valence electrons. The summed E-state index contributed by atoms with van der Waals surface area (Å²) in [6.07, 6.45) is 1.02. The molecular formula is C21H22BrNO3. The highest BCUT2D eigenvalue weighted by atomic mass is 79.9. The Labute approximate surface area is 162 Å². The van der Waals surface area contributed by atoms with Crippen molar-refractivity contribution in [2.75, 3.05) is 13.1 Å². The van der Waals surface area contributed by atoms with E-state index in [0.717, 1.165) is 10.0 Å². The quantitative estimate of drug-likeness (QED) is 0.685. The van der Waals surface area contributed by atoms with Crippen LogP contribution in [0, 0.1) is 5.92 Å². The van der Waals surface area contributed by atoms with Gasteiger partial charge in [-0.05, 0) is 49.6 Å². The lowest BCUT2D eigenvalue weighted by molar-refractivity contribution is -0.155. The average molecular weight is 416 g/mol. The maximum atomic E-state index is 12.5. The van der Waals surface area contributed by atoms with E-state index in [1.54, 1.807) is 0 Å². The van der Waals surface area contributed by atoms with Crippen molar-refractivity contribution in [1.29, 1.82) is 0 Å². The number of halogens is 1. The maximum absolute atomic E-state index is 12.5. The number of ether oxygens (including phenoxy) is 1. The molecule has 0 N–H and O–H groups in total. The lowest BCUT2D eigenvalue weighted by Gasteiger charge is -2.31. The summed E-state index contributed by atoms with van der Waals surface area (Å²) in [5.41, 5.74) is 1.66. The Morgan fingerprint density at radius 3 is 2.27 bits per heavy atom. The van der Waals surface area contributed by atoms with Crippen LogP contribution in [0.15, 0.2) is 59.1 Å². The Hall–Kier alpha value is -2.14. The number of hydrogen-bond donors (Lipinski definition) is 0. The Morgan fingerprint density at radius 1 is 1.04 bits per heavy atom. The second-order valence-electron chi connectivity index (χ2n) is 6.56. The van der Waals surface area contributed by atoms with Gasteiger partial charge in [0.25, 0.3) is 5.91 Å².